The molecule has 1 aliphatic rings. The number of benzene rings is 1. The summed E-state index contributed by atoms with van der Waals surface area (Å²) >= 11 is 1.26. The zero-order chi connectivity index (χ0) is 19.1. The van der Waals surface area contributed by atoms with Crippen LogP contribution >= 0.6 is 11.8 Å². The number of carbonyl (C=O) groups is 2. The smallest absolute Gasteiger partial charge is 0.338 e. The largest absolute Gasteiger partial charge is 0.467 e. The fourth-order valence-electron chi connectivity index (χ4n) is 2.53. The van der Waals surface area contributed by atoms with Crippen LogP contribution in [0.4, 0.5) is 0 Å². The molecule has 1 saturated heterocycles. The zero-order valence-electron chi connectivity index (χ0n) is 14.2. The minimum absolute atomic E-state index is 0.264. The topological polar surface area (TPSA) is 131 Å². The maximum absolute atomic E-state index is 12.4. The summed E-state index contributed by atoms with van der Waals surface area (Å²) in [5.74, 6) is -0.927. The Labute approximate surface area is 154 Å². The van der Waals surface area contributed by atoms with Gasteiger partial charge in [-0.05, 0) is 23.4 Å². The van der Waals surface area contributed by atoms with Crippen molar-refractivity contribution in [2.24, 2.45) is 5.11 Å². The number of azide groups is 1. The van der Waals surface area contributed by atoms with Crippen LogP contribution < -0.4 is 0 Å². The van der Waals surface area contributed by atoms with Gasteiger partial charge in [-0.1, -0.05) is 30.2 Å². The van der Waals surface area contributed by atoms with Crippen LogP contribution in [-0.2, 0) is 19.0 Å². The van der Waals surface area contributed by atoms with E-state index >= 15 is 0 Å². The Balaban J connectivity index is 2.33. The number of methoxy groups -OCH3 is 1. The first kappa shape index (κ1) is 20.1. The van der Waals surface area contributed by atoms with E-state index in [9.17, 15) is 14.7 Å². The van der Waals surface area contributed by atoms with Crippen molar-refractivity contribution in [3.8, 4) is 0 Å². The van der Waals surface area contributed by atoms with Gasteiger partial charge in [-0.15, -0.1) is 11.8 Å². The Bertz CT molecular complexity index is 682. The normalized spacial score (nSPS) is 27.9. The van der Waals surface area contributed by atoms with E-state index in [-0.39, 0.29) is 5.56 Å². The van der Waals surface area contributed by atoms with E-state index in [1.165, 1.54) is 11.8 Å². The third kappa shape index (κ3) is 4.47. The van der Waals surface area contributed by atoms with Gasteiger partial charge in [-0.3, -0.25) is 0 Å². The minimum atomic E-state index is -1.54. The summed E-state index contributed by atoms with van der Waals surface area (Å²) < 4.78 is 15.6. The van der Waals surface area contributed by atoms with Gasteiger partial charge in [0.1, 0.15) is 23.7 Å². The van der Waals surface area contributed by atoms with Gasteiger partial charge >= 0.3 is 11.9 Å². The predicted octanol–water partition coefficient (Wildman–Crippen LogP) is 1.90. The lowest BCUT2D eigenvalue weighted by Gasteiger charge is -2.41. The zero-order valence-corrected chi connectivity index (χ0v) is 15.0. The predicted molar refractivity (Wildman–Crippen MR) is 93.4 cm³/mol. The van der Waals surface area contributed by atoms with Gasteiger partial charge in [0.25, 0.3) is 0 Å². The molecule has 1 N–H and O–H groups in total. The molecule has 26 heavy (non-hydrogen) atoms. The molecule has 0 aromatic heterocycles. The number of rotatable bonds is 6. The number of hydrogen-bond donors (Lipinski definition) is 1. The van der Waals surface area contributed by atoms with Gasteiger partial charge in [-0.2, -0.15) is 0 Å². The fraction of sp³-hybridized carbons (Fsp3) is 0.500. The number of carbonyl (C=O) groups excluding carboxylic acids is 2. The van der Waals surface area contributed by atoms with Crippen molar-refractivity contribution in [3.05, 3.63) is 46.3 Å². The van der Waals surface area contributed by atoms with Crippen LogP contribution in [0.1, 0.15) is 17.3 Å². The maximum atomic E-state index is 12.4. The van der Waals surface area contributed by atoms with E-state index in [0.717, 1.165) is 7.11 Å². The van der Waals surface area contributed by atoms with Crippen LogP contribution in [-0.4, -0.2) is 59.7 Å². The SMILES string of the molecule is CCS[C@@H]1O[C@H](C(=O)OC)[C@@H](O)[C@H](OC(=O)c2ccccc2)[C@H]1N=[N+]=[N-]. The molecule has 1 aromatic carbocycles. The molecular formula is C16H19N3O6S. The second-order valence-electron chi connectivity index (χ2n) is 5.33. The molecule has 0 radical (unpaired) electrons. The van der Waals surface area contributed by atoms with Crippen LogP contribution in [0.2, 0.25) is 0 Å². The lowest BCUT2D eigenvalue weighted by molar-refractivity contribution is -0.188. The molecule has 2 rings (SSSR count). The van der Waals surface area contributed by atoms with Crippen molar-refractivity contribution in [1.29, 1.82) is 0 Å². The monoisotopic (exact) mass is 381 g/mol. The number of aliphatic hydroxyl groups is 1. The van der Waals surface area contributed by atoms with Gasteiger partial charge in [0.05, 0.1) is 12.7 Å². The van der Waals surface area contributed by atoms with E-state index in [1.54, 1.807) is 30.3 Å². The molecule has 140 valence electrons. The highest BCUT2D eigenvalue weighted by Gasteiger charge is 2.50. The molecule has 0 amide bonds. The maximum Gasteiger partial charge on any atom is 0.338 e. The summed E-state index contributed by atoms with van der Waals surface area (Å²) in [4.78, 5) is 27.1. The van der Waals surface area contributed by atoms with E-state index < -0.39 is 41.7 Å². The first-order chi connectivity index (χ1) is 12.5. The van der Waals surface area contributed by atoms with Crippen molar-refractivity contribution in [1.82, 2.24) is 0 Å². The highest BCUT2D eigenvalue weighted by molar-refractivity contribution is 7.99. The molecular weight excluding hydrogens is 362 g/mol. The number of nitrogens with zero attached hydrogens (tertiary/aromatic N) is 3. The molecule has 0 bridgehead atoms. The average Bonchev–Trinajstić information content (AvgIpc) is 2.66. The molecule has 9 nitrogen and oxygen atoms in total. The Morgan fingerprint density at radius 1 is 1.38 bits per heavy atom. The molecule has 1 aromatic rings. The van der Waals surface area contributed by atoms with Crippen molar-refractivity contribution in [3.63, 3.8) is 0 Å². The van der Waals surface area contributed by atoms with Crippen molar-refractivity contribution in [2.75, 3.05) is 12.9 Å². The molecule has 10 heteroatoms. The summed E-state index contributed by atoms with van der Waals surface area (Å²) in [5, 5.41) is 14.1. The molecule has 1 fully saturated rings. The quantitative estimate of drug-likeness (QED) is 0.344. The number of esters is 2. The highest BCUT2D eigenvalue weighted by atomic mass is 32.2. The van der Waals surface area contributed by atoms with E-state index in [2.05, 4.69) is 14.8 Å². The van der Waals surface area contributed by atoms with E-state index in [1.807, 2.05) is 6.92 Å². The molecule has 0 unspecified atom stereocenters. The molecule has 0 saturated carbocycles. The molecule has 1 aliphatic heterocycles. The summed E-state index contributed by atoms with van der Waals surface area (Å²) in [5.41, 5.74) is 8.34. The first-order valence-corrected chi connectivity index (χ1v) is 8.91. The van der Waals surface area contributed by atoms with Gasteiger partial charge in [0.15, 0.2) is 6.10 Å². The first-order valence-electron chi connectivity index (χ1n) is 7.86. The third-order valence-electron chi connectivity index (χ3n) is 3.74. The second-order valence-corrected chi connectivity index (χ2v) is 6.70. The van der Waals surface area contributed by atoms with Gasteiger partial charge in [0.2, 0.25) is 0 Å². The van der Waals surface area contributed by atoms with Gasteiger partial charge < -0.3 is 19.3 Å². The summed E-state index contributed by atoms with van der Waals surface area (Å²) in [7, 11) is 1.16. The Hall–Kier alpha value is -2.26. The van der Waals surface area contributed by atoms with E-state index in [4.69, 9.17) is 15.0 Å². The van der Waals surface area contributed by atoms with Crippen LogP contribution in [0.25, 0.3) is 10.4 Å². The number of hydrogen-bond acceptors (Lipinski definition) is 8. The summed E-state index contributed by atoms with van der Waals surface area (Å²) in [6.45, 7) is 1.85. The molecule has 1 heterocycles. The van der Waals surface area contributed by atoms with Crippen molar-refractivity contribution in [2.45, 2.75) is 36.7 Å². The number of aliphatic hydroxyl groups excluding tert-OH is 1. The lowest BCUT2D eigenvalue weighted by atomic mass is 9.98. The third-order valence-corrected chi connectivity index (χ3v) is 4.80. The fourth-order valence-corrected chi connectivity index (χ4v) is 3.47. The standard InChI is InChI=1S/C16H19N3O6S/c1-3-26-16-10(18-19-17)12(11(20)13(25-16)15(22)23-2)24-14(21)9-7-5-4-6-8-9/h4-8,10-13,16,20H,3H2,1-2H3/t10-,11+,12-,13+,16+/m1/s1. The molecule has 0 aliphatic carbocycles. The van der Waals surface area contributed by atoms with Gasteiger partial charge in [0, 0.05) is 4.91 Å². The second kappa shape index (κ2) is 9.44. The van der Waals surface area contributed by atoms with Crippen molar-refractivity contribution >= 4 is 23.7 Å². The minimum Gasteiger partial charge on any atom is -0.467 e. The number of thioether (sulfide) groups is 1. The Morgan fingerprint density at radius 2 is 2.08 bits per heavy atom. The van der Waals surface area contributed by atoms with Gasteiger partial charge in [-0.25, -0.2) is 9.59 Å². The van der Waals surface area contributed by atoms with Crippen LogP contribution in [0.15, 0.2) is 35.4 Å². The Kier molecular flexibility index (Phi) is 7.28. The highest BCUT2D eigenvalue weighted by Crippen LogP contribution is 2.33. The van der Waals surface area contributed by atoms with Crippen LogP contribution in [0, 0.1) is 0 Å². The number of ether oxygens (including phenoxy) is 3. The Morgan fingerprint density at radius 3 is 2.65 bits per heavy atom. The lowest BCUT2D eigenvalue weighted by Crippen LogP contribution is -2.59. The van der Waals surface area contributed by atoms with Crippen molar-refractivity contribution < 1.29 is 28.9 Å². The van der Waals surface area contributed by atoms with E-state index in [0.29, 0.717) is 5.75 Å². The average molecular weight is 381 g/mol. The van der Waals surface area contributed by atoms with Crippen LogP contribution in [0.5, 0.6) is 0 Å². The molecule has 0 spiro atoms. The summed E-state index contributed by atoms with van der Waals surface area (Å²) in [6.07, 6.45) is -4.16. The van der Waals surface area contributed by atoms with Crippen LogP contribution in [0.3, 0.4) is 0 Å². The summed E-state index contributed by atoms with van der Waals surface area (Å²) in [6, 6.07) is 7.15. The molecule has 5 atom stereocenters.